The number of benzene rings is 1. The van der Waals surface area contributed by atoms with E-state index in [9.17, 15) is 0 Å². The van der Waals surface area contributed by atoms with Gasteiger partial charge in [-0.15, -0.1) is 24.0 Å². The van der Waals surface area contributed by atoms with Crippen LogP contribution in [0.25, 0.3) is 0 Å². The molecule has 146 valence electrons. The lowest BCUT2D eigenvalue weighted by molar-refractivity contribution is 0.122. The highest BCUT2D eigenvalue weighted by Crippen LogP contribution is 2.15. The SMILES string of the molecule is CN(C)C(=NCc1ccnc(N2CCOCC2)c1)NCc1ccccc1.I. The molecule has 1 saturated heterocycles. The summed E-state index contributed by atoms with van der Waals surface area (Å²) in [5, 5.41) is 3.42. The van der Waals surface area contributed by atoms with Gasteiger partial charge < -0.3 is 19.9 Å². The van der Waals surface area contributed by atoms with Gasteiger partial charge in [-0.05, 0) is 23.3 Å². The molecule has 0 unspecified atom stereocenters. The Bertz CT molecular complexity index is 717. The summed E-state index contributed by atoms with van der Waals surface area (Å²) in [5.74, 6) is 1.88. The number of nitrogens with one attached hydrogen (secondary N) is 1. The molecule has 0 amide bonds. The number of guanidine groups is 1. The highest BCUT2D eigenvalue weighted by atomic mass is 127. The van der Waals surface area contributed by atoms with Crippen molar-refractivity contribution < 1.29 is 4.74 Å². The number of pyridine rings is 1. The van der Waals surface area contributed by atoms with Gasteiger partial charge in [-0.2, -0.15) is 0 Å². The highest BCUT2D eigenvalue weighted by molar-refractivity contribution is 14.0. The number of ether oxygens (including phenoxy) is 1. The number of halogens is 1. The lowest BCUT2D eigenvalue weighted by atomic mass is 10.2. The molecular weight excluding hydrogens is 453 g/mol. The predicted octanol–water partition coefficient (Wildman–Crippen LogP) is 2.74. The second-order valence-corrected chi connectivity index (χ2v) is 6.50. The van der Waals surface area contributed by atoms with Crippen LogP contribution in [0.2, 0.25) is 0 Å². The molecule has 27 heavy (non-hydrogen) atoms. The zero-order valence-electron chi connectivity index (χ0n) is 16.0. The van der Waals surface area contributed by atoms with E-state index in [1.807, 2.05) is 49.5 Å². The number of aromatic nitrogens is 1. The first kappa shape index (κ1) is 21.4. The van der Waals surface area contributed by atoms with Gasteiger partial charge in [-0.3, -0.25) is 0 Å². The topological polar surface area (TPSA) is 53.0 Å². The van der Waals surface area contributed by atoms with E-state index in [-0.39, 0.29) is 24.0 Å². The highest BCUT2D eigenvalue weighted by Gasteiger charge is 2.12. The van der Waals surface area contributed by atoms with E-state index >= 15 is 0 Å². The van der Waals surface area contributed by atoms with Gasteiger partial charge >= 0.3 is 0 Å². The Balaban J connectivity index is 0.00000261. The summed E-state index contributed by atoms with van der Waals surface area (Å²) in [4.78, 5) is 13.5. The maximum Gasteiger partial charge on any atom is 0.194 e. The minimum Gasteiger partial charge on any atom is -0.378 e. The average molecular weight is 481 g/mol. The molecule has 0 radical (unpaired) electrons. The molecule has 1 fully saturated rings. The second kappa shape index (κ2) is 11.1. The lowest BCUT2D eigenvalue weighted by Gasteiger charge is -2.28. The van der Waals surface area contributed by atoms with Crippen molar-refractivity contribution in [2.24, 2.45) is 4.99 Å². The van der Waals surface area contributed by atoms with Gasteiger partial charge in [0.1, 0.15) is 5.82 Å². The quantitative estimate of drug-likeness (QED) is 0.405. The lowest BCUT2D eigenvalue weighted by Crippen LogP contribution is -2.36. The fourth-order valence-corrected chi connectivity index (χ4v) is 2.82. The first-order valence-corrected chi connectivity index (χ1v) is 8.99. The number of hydrogen-bond acceptors (Lipinski definition) is 4. The van der Waals surface area contributed by atoms with Crippen LogP contribution >= 0.6 is 24.0 Å². The molecule has 6 nitrogen and oxygen atoms in total. The van der Waals surface area contributed by atoms with Crippen molar-refractivity contribution in [2.45, 2.75) is 13.1 Å². The summed E-state index contributed by atoms with van der Waals surface area (Å²) in [6, 6.07) is 14.5. The van der Waals surface area contributed by atoms with Gasteiger partial charge in [0, 0.05) is 39.9 Å². The monoisotopic (exact) mass is 481 g/mol. The molecule has 1 aliphatic heterocycles. The van der Waals surface area contributed by atoms with Crippen molar-refractivity contribution in [1.29, 1.82) is 0 Å². The Morgan fingerprint density at radius 1 is 1.15 bits per heavy atom. The number of hydrogen-bond donors (Lipinski definition) is 1. The number of nitrogens with zero attached hydrogens (tertiary/aromatic N) is 4. The summed E-state index contributed by atoms with van der Waals surface area (Å²) in [5.41, 5.74) is 2.39. The van der Waals surface area contributed by atoms with Crippen LogP contribution in [-0.4, -0.2) is 56.2 Å². The largest absolute Gasteiger partial charge is 0.378 e. The van der Waals surface area contributed by atoms with Crippen LogP contribution in [0.1, 0.15) is 11.1 Å². The molecule has 1 aromatic heterocycles. The summed E-state index contributed by atoms with van der Waals surface area (Å²) >= 11 is 0. The second-order valence-electron chi connectivity index (χ2n) is 6.50. The van der Waals surface area contributed by atoms with Gasteiger partial charge in [0.05, 0.1) is 19.8 Å². The molecule has 0 saturated carbocycles. The Labute approximate surface area is 178 Å². The maximum atomic E-state index is 5.42. The Morgan fingerprint density at radius 2 is 1.89 bits per heavy atom. The predicted molar refractivity (Wildman–Crippen MR) is 121 cm³/mol. The standard InChI is InChI=1S/C20H27N5O.HI/c1-24(2)20(22-15-17-6-4-3-5-7-17)23-16-18-8-9-21-19(14-18)25-10-12-26-13-11-25;/h3-9,14H,10-13,15-16H2,1-2H3,(H,22,23);1H. The number of morpholine rings is 1. The van der Waals surface area contributed by atoms with E-state index in [0.29, 0.717) is 6.54 Å². The van der Waals surface area contributed by atoms with Gasteiger partial charge in [0.15, 0.2) is 5.96 Å². The Morgan fingerprint density at radius 3 is 2.59 bits per heavy atom. The molecular formula is C20H28IN5O. The number of aliphatic imine (C=N–C) groups is 1. The van der Waals surface area contributed by atoms with Crippen molar-refractivity contribution in [3.05, 3.63) is 59.8 Å². The van der Waals surface area contributed by atoms with E-state index in [1.54, 1.807) is 0 Å². The molecule has 2 aromatic rings. The van der Waals surface area contributed by atoms with E-state index < -0.39 is 0 Å². The normalized spacial score (nSPS) is 14.4. The van der Waals surface area contributed by atoms with Gasteiger partial charge in [0.25, 0.3) is 0 Å². The third kappa shape index (κ3) is 6.66. The van der Waals surface area contributed by atoms with Gasteiger partial charge in [0.2, 0.25) is 0 Å². The molecule has 1 aromatic carbocycles. The first-order chi connectivity index (χ1) is 12.7. The molecule has 0 spiro atoms. The zero-order valence-corrected chi connectivity index (χ0v) is 18.3. The van der Waals surface area contributed by atoms with E-state index in [0.717, 1.165) is 50.2 Å². The van der Waals surface area contributed by atoms with Crippen molar-refractivity contribution in [2.75, 3.05) is 45.3 Å². The van der Waals surface area contributed by atoms with Crippen LogP contribution in [0.4, 0.5) is 5.82 Å². The minimum absolute atomic E-state index is 0. The van der Waals surface area contributed by atoms with Crippen molar-refractivity contribution in [3.63, 3.8) is 0 Å². The molecule has 1 N–H and O–H groups in total. The fourth-order valence-electron chi connectivity index (χ4n) is 2.82. The maximum absolute atomic E-state index is 5.42. The van der Waals surface area contributed by atoms with Crippen LogP contribution in [0, 0.1) is 0 Å². The molecule has 3 rings (SSSR count). The van der Waals surface area contributed by atoms with Crippen molar-refractivity contribution in [3.8, 4) is 0 Å². The van der Waals surface area contributed by atoms with E-state index in [2.05, 4.69) is 33.4 Å². The summed E-state index contributed by atoms with van der Waals surface area (Å²) < 4.78 is 5.42. The van der Waals surface area contributed by atoms with Crippen LogP contribution in [-0.2, 0) is 17.8 Å². The van der Waals surface area contributed by atoms with Crippen LogP contribution in [0.5, 0.6) is 0 Å². The van der Waals surface area contributed by atoms with Gasteiger partial charge in [-0.1, -0.05) is 30.3 Å². The minimum atomic E-state index is 0. The van der Waals surface area contributed by atoms with E-state index in [4.69, 9.17) is 9.73 Å². The summed E-state index contributed by atoms with van der Waals surface area (Å²) in [6.07, 6.45) is 1.86. The molecule has 2 heterocycles. The zero-order chi connectivity index (χ0) is 18.2. The molecule has 0 aliphatic carbocycles. The first-order valence-electron chi connectivity index (χ1n) is 8.99. The van der Waals surface area contributed by atoms with Crippen molar-refractivity contribution in [1.82, 2.24) is 15.2 Å². The Hall–Kier alpha value is -1.87. The molecule has 0 bridgehead atoms. The molecule has 7 heteroatoms. The smallest absolute Gasteiger partial charge is 0.194 e. The van der Waals surface area contributed by atoms with Crippen molar-refractivity contribution >= 4 is 35.8 Å². The number of anilines is 1. The number of rotatable bonds is 5. The average Bonchev–Trinajstić information content (AvgIpc) is 2.69. The summed E-state index contributed by atoms with van der Waals surface area (Å²) in [7, 11) is 4.01. The molecule has 0 atom stereocenters. The van der Waals surface area contributed by atoms with Gasteiger partial charge in [-0.25, -0.2) is 9.98 Å². The Kier molecular flexibility index (Phi) is 8.80. The third-order valence-corrected chi connectivity index (χ3v) is 4.27. The summed E-state index contributed by atoms with van der Waals surface area (Å²) in [6.45, 7) is 4.68. The third-order valence-electron chi connectivity index (χ3n) is 4.27. The van der Waals surface area contributed by atoms with Crippen LogP contribution in [0.3, 0.4) is 0 Å². The van der Waals surface area contributed by atoms with Crippen LogP contribution < -0.4 is 10.2 Å². The van der Waals surface area contributed by atoms with Crippen LogP contribution in [0.15, 0.2) is 53.7 Å². The fraction of sp³-hybridized carbons (Fsp3) is 0.400. The van der Waals surface area contributed by atoms with E-state index in [1.165, 1.54) is 5.56 Å². The molecule has 1 aliphatic rings.